The van der Waals surface area contributed by atoms with Crippen molar-refractivity contribution < 1.29 is 9.47 Å². The van der Waals surface area contributed by atoms with Gasteiger partial charge in [0.05, 0.1) is 22.5 Å². The lowest BCUT2D eigenvalue weighted by Crippen LogP contribution is -2.42. The SMILES string of the molecule is CCc1nn(C)c(CC(NC)C(OC)OC)c1Cl. The summed E-state index contributed by atoms with van der Waals surface area (Å²) in [5, 5.41) is 8.33. The molecule has 0 bridgehead atoms. The van der Waals surface area contributed by atoms with Crippen LogP contribution in [0.3, 0.4) is 0 Å². The van der Waals surface area contributed by atoms with E-state index in [2.05, 4.69) is 10.4 Å². The van der Waals surface area contributed by atoms with Crippen molar-refractivity contribution >= 4 is 11.6 Å². The standard InChI is InChI=1S/C12H22ClN3O2/c1-6-8-11(13)10(16(3)15-8)7-9(14-2)12(17-4)18-5/h9,12,14H,6-7H2,1-5H3. The van der Waals surface area contributed by atoms with Crippen LogP contribution in [0.4, 0.5) is 0 Å². The summed E-state index contributed by atoms with van der Waals surface area (Å²) in [7, 11) is 7.03. The normalized spacial score (nSPS) is 13.3. The smallest absolute Gasteiger partial charge is 0.172 e. The highest BCUT2D eigenvalue weighted by Gasteiger charge is 2.23. The molecule has 0 spiro atoms. The Morgan fingerprint density at radius 3 is 2.39 bits per heavy atom. The third-order valence-corrected chi connectivity index (χ3v) is 3.52. The van der Waals surface area contributed by atoms with E-state index in [1.165, 1.54) is 0 Å². The highest BCUT2D eigenvalue weighted by Crippen LogP contribution is 2.23. The van der Waals surface area contributed by atoms with E-state index >= 15 is 0 Å². The number of rotatable bonds is 7. The zero-order chi connectivity index (χ0) is 13.7. The van der Waals surface area contributed by atoms with Crippen LogP contribution in [0.25, 0.3) is 0 Å². The van der Waals surface area contributed by atoms with Gasteiger partial charge in [0.1, 0.15) is 0 Å². The summed E-state index contributed by atoms with van der Waals surface area (Å²) < 4.78 is 12.4. The maximum Gasteiger partial charge on any atom is 0.172 e. The molecule has 0 fully saturated rings. The fourth-order valence-corrected chi connectivity index (χ4v) is 2.38. The molecule has 1 aromatic heterocycles. The molecular formula is C12H22ClN3O2. The fourth-order valence-electron chi connectivity index (χ4n) is 2.01. The maximum absolute atomic E-state index is 6.33. The van der Waals surface area contributed by atoms with E-state index in [1.807, 2.05) is 25.7 Å². The molecular weight excluding hydrogens is 254 g/mol. The summed E-state index contributed by atoms with van der Waals surface area (Å²) in [5.41, 5.74) is 1.92. The maximum atomic E-state index is 6.33. The summed E-state index contributed by atoms with van der Waals surface area (Å²) >= 11 is 6.33. The van der Waals surface area contributed by atoms with Crippen LogP contribution in [0.2, 0.25) is 5.02 Å². The number of aromatic nitrogens is 2. The number of hydrogen-bond donors (Lipinski definition) is 1. The first-order valence-corrected chi connectivity index (χ1v) is 6.39. The van der Waals surface area contributed by atoms with Crippen LogP contribution in [-0.4, -0.2) is 43.4 Å². The molecule has 0 aromatic carbocycles. The van der Waals surface area contributed by atoms with Gasteiger partial charge in [0.2, 0.25) is 0 Å². The molecule has 0 radical (unpaired) electrons. The van der Waals surface area contributed by atoms with Gasteiger partial charge in [-0.15, -0.1) is 0 Å². The van der Waals surface area contributed by atoms with E-state index < -0.39 is 0 Å². The number of likely N-dealkylation sites (N-methyl/N-ethyl adjacent to an activating group) is 1. The Labute approximate surface area is 113 Å². The van der Waals surface area contributed by atoms with E-state index in [-0.39, 0.29) is 12.3 Å². The average Bonchev–Trinajstić information content (AvgIpc) is 2.65. The molecule has 6 heteroatoms. The van der Waals surface area contributed by atoms with Gasteiger partial charge in [-0.1, -0.05) is 18.5 Å². The van der Waals surface area contributed by atoms with Crippen LogP contribution in [-0.2, 0) is 29.4 Å². The van der Waals surface area contributed by atoms with Gasteiger partial charge in [0, 0.05) is 27.7 Å². The Hall–Kier alpha value is -0.620. The predicted molar refractivity (Wildman–Crippen MR) is 72.0 cm³/mol. The minimum absolute atomic E-state index is 0.0256. The van der Waals surface area contributed by atoms with Gasteiger partial charge in [-0.25, -0.2) is 0 Å². The van der Waals surface area contributed by atoms with E-state index in [0.29, 0.717) is 6.42 Å². The van der Waals surface area contributed by atoms with E-state index in [0.717, 1.165) is 22.8 Å². The molecule has 5 nitrogen and oxygen atoms in total. The van der Waals surface area contributed by atoms with Crippen LogP contribution < -0.4 is 5.32 Å². The minimum atomic E-state index is -0.314. The summed E-state index contributed by atoms with van der Waals surface area (Å²) in [4.78, 5) is 0. The van der Waals surface area contributed by atoms with E-state index in [1.54, 1.807) is 14.2 Å². The zero-order valence-corrected chi connectivity index (χ0v) is 12.4. The molecule has 0 aliphatic rings. The molecule has 0 aliphatic heterocycles. The molecule has 0 amide bonds. The van der Waals surface area contributed by atoms with Gasteiger partial charge < -0.3 is 14.8 Å². The third-order valence-electron chi connectivity index (χ3n) is 3.08. The Kier molecular flexibility index (Phi) is 6.08. The topological polar surface area (TPSA) is 48.3 Å². The molecule has 1 heterocycles. The fraction of sp³-hybridized carbons (Fsp3) is 0.750. The monoisotopic (exact) mass is 275 g/mol. The Balaban J connectivity index is 2.91. The second-order valence-corrected chi connectivity index (χ2v) is 4.50. The third kappa shape index (κ3) is 3.23. The quantitative estimate of drug-likeness (QED) is 0.764. The van der Waals surface area contributed by atoms with Crippen LogP contribution in [0, 0.1) is 0 Å². The molecule has 1 unspecified atom stereocenters. The van der Waals surface area contributed by atoms with Crippen molar-refractivity contribution in [2.75, 3.05) is 21.3 Å². The molecule has 0 saturated heterocycles. The number of methoxy groups -OCH3 is 2. The number of halogens is 1. The molecule has 104 valence electrons. The van der Waals surface area contributed by atoms with Gasteiger partial charge >= 0.3 is 0 Å². The first-order valence-electron chi connectivity index (χ1n) is 6.02. The Morgan fingerprint density at radius 1 is 1.39 bits per heavy atom. The van der Waals surface area contributed by atoms with Crippen LogP contribution >= 0.6 is 11.6 Å². The number of hydrogen-bond acceptors (Lipinski definition) is 4. The zero-order valence-electron chi connectivity index (χ0n) is 11.7. The summed E-state index contributed by atoms with van der Waals surface area (Å²) in [6, 6.07) is 0.0256. The van der Waals surface area contributed by atoms with Crippen molar-refractivity contribution in [1.29, 1.82) is 0 Å². The molecule has 18 heavy (non-hydrogen) atoms. The largest absolute Gasteiger partial charge is 0.354 e. The number of nitrogens with one attached hydrogen (secondary N) is 1. The number of nitrogens with zero attached hydrogens (tertiary/aromatic N) is 2. The molecule has 1 rings (SSSR count). The van der Waals surface area contributed by atoms with Crippen molar-refractivity contribution in [3.05, 3.63) is 16.4 Å². The van der Waals surface area contributed by atoms with Gasteiger partial charge in [0.15, 0.2) is 6.29 Å². The van der Waals surface area contributed by atoms with Crippen LogP contribution in [0.5, 0.6) is 0 Å². The van der Waals surface area contributed by atoms with Crippen LogP contribution in [0.15, 0.2) is 0 Å². The average molecular weight is 276 g/mol. The predicted octanol–water partition coefficient (Wildman–Crippen LogP) is 1.39. The Morgan fingerprint density at radius 2 is 2.00 bits per heavy atom. The minimum Gasteiger partial charge on any atom is -0.354 e. The van der Waals surface area contributed by atoms with Crippen LogP contribution in [0.1, 0.15) is 18.3 Å². The van der Waals surface area contributed by atoms with E-state index in [9.17, 15) is 0 Å². The van der Waals surface area contributed by atoms with Gasteiger partial charge in [-0.3, -0.25) is 4.68 Å². The van der Waals surface area contributed by atoms with Crippen molar-refractivity contribution in [2.45, 2.75) is 32.1 Å². The summed E-state index contributed by atoms with van der Waals surface area (Å²) in [6.45, 7) is 2.04. The van der Waals surface area contributed by atoms with Crippen molar-refractivity contribution in [3.8, 4) is 0 Å². The van der Waals surface area contributed by atoms with Crippen molar-refractivity contribution in [3.63, 3.8) is 0 Å². The summed E-state index contributed by atoms with van der Waals surface area (Å²) in [6.07, 6.45) is 1.21. The van der Waals surface area contributed by atoms with Gasteiger partial charge in [-0.05, 0) is 13.5 Å². The highest BCUT2D eigenvalue weighted by atomic mass is 35.5. The lowest BCUT2D eigenvalue weighted by atomic mass is 10.1. The lowest BCUT2D eigenvalue weighted by molar-refractivity contribution is -0.121. The van der Waals surface area contributed by atoms with Crippen molar-refractivity contribution in [2.24, 2.45) is 7.05 Å². The second kappa shape index (κ2) is 7.09. The van der Waals surface area contributed by atoms with Gasteiger partial charge in [-0.2, -0.15) is 5.10 Å². The highest BCUT2D eigenvalue weighted by molar-refractivity contribution is 6.31. The first kappa shape index (κ1) is 15.4. The van der Waals surface area contributed by atoms with Crippen molar-refractivity contribution in [1.82, 2.24) is 15.1 Å². The van der Waals surface area contributed by atoms with Gasteiger partial charge in [0.25, 0.3) is 0 Å². The first-order chi connectivity index (χ1) is 8.58. The molecule has 1 aromatic rings. The number of aryl methyl sites for hydroxylation is 2. The molecule has 1 N–H and O–H groups in total. The Bertz CT molecular complexity index is 378. The van der Waals surface area contributed by atoms with E-state index in [4.69, 9.17) is 21.1 Å². The summed E-state index contributed by atoms with van der Waals surface area (Å²) in [5.74, 6) is 0. The lowest BCUT2D eigenvalue weighted by Gasteiger charge is -2.24. The number of ether oxygens (including phenoxy) is 2. The molecule has 0 aliphatic carbocycles. The molecule has 0 saturated carbocycles. The second-order valence-electron chi connectivity index (χ2n) is 4.12. The molecule has 1 atom stereocenters.